The minimum Gasteiger partial charge on any atom is -0.331 e. The van der Waals surface area contributed by atoms with E-state index in [9.17, 15) is 9.59 Å². The molecule has 7 heteroatoms. The summed E-state index contributed by atoms with van der Waals surface area (Å²) in [6, 6.07) is 15.7. The normalized spacial score (nSPS) is 16.1. The van der Waals surface area contributed by atoms with Gasteiger partial charge >= 0.3 is 0 Å². The average Bonchev–Trinajstić information content (AvgIpc) is 3.09. The zero-order valence-corrected chi connectivity index (χ0v) is 17.7. The van der Waals surface area contributed by atoms with Crippen molar-refractivity contribution < 1.29 is 9.59 Å². The molecular formula is C22H26N4O2S. The monoisotopic (exact) mass is 410 g/mol. The molecular weight excluding hydrogens is 384 g/mol. The number of thiocarbonyl (C=S) groups is 1. The molecule has 0 unspecified atom stereocenters. The molecule has 0 spiro atoms. The fourth-order valence-electron chi connectivity index (χ4n) is 3.19. The van der Waals surface area contributed by atoms with Gasteiger partial charge in [0.05, 0.1) is 5.92 Å². The lowest BCUT2D eigenvalue weighted by Gasteiger charge is -2.17. The van der Waals surface area contributed by atoms with Crippen LogP contribution in [0.3, 0.4) is 0 Å². The zero-order chi connectivity index (χ0) is 21.0. The predicted molar refractivity (Wildman–Crippen MR) is 120 cm³/mol. The average molecular weight is 411 g/mol. The van der Waals surface area contributed by atoms with Gasteiger partial charge in [0, 0.05) is 24.3 Å². The van der Waals surface area contributed by atoms with Gasteiger partial charge in [-0.2, -0.15) is 0 Å². The first-order valence-electron chi connectivity index (χ1n) is 9.67. The summed E-state index contributed by atoms with van der Waals surface area (Å²) in [5.74, 6) is -0.279. The number of benzene rings is 2. The van der Waals surface area contributed by atoms with E-state index in [4.69, 9.17) is 12.2 Å². The van der Waals surface area contributed by atoms with Crippen molar-refractivity contribution in [3.63, 3.8) is 0 Å². The van der Waals surface area contributed by atoms with Crippen LogP contribution in [-0.2, 0) is 9.59 Å². The quantitative estimate of drug-likeness (QED) is 0.532. The molecule has 0 aliphatic carbocycles. The fraction of sp³-hybridized carbons (Fsp3) is 0.318. The number of nitrogens with zero attached hydrogens (tertiary/aromatic N) is 1. The van der Waals surface area contributed by atoms with Crippen molar-refractivity contribution in [1.29, 1.82) is 0 Å². The van der Waals surface area contributed by atoms with Gasteiger partial charge in [-0.1, -0.05) is 43.7 Å². The summed E-state index contributed by atoms with van der Waals surface area (Å²) >= 11 is 5.23. The fourth-order valence-corrected chi connectivity index (χ4v) is 3.36. The molecule has 1 heterocycles. The molecule has 2 aromatic rings. The minimum absolute atomic E-state index is 0.0556. The highest BCUT2D eigenvalue weighted by Crippen LogP contribution is 2.25. The van der Waals surface area contributed by atoms with Gasteiger partial charge < -0.3 is 10.2 Å². The van der Waals surface area contributed by atoms with Gasteiger partial charge in [0.25, 0.3) is 0 Å². The first-order valence-corrected chi connectivity index (χ1v) is 10.1. The highest BCUT2D eigenvalue weighted by molar-refractivity contribution is 7.80. The Morgan fingerprint density at radius 3 is 2.34 bits per heavy atom. The molecule has 152 valence electrons. The van der Waals surface area contributed by atoms with Crippen molar-refractivity contribution in [2.24, 2.45) is 5.92 Å². The van der Waals surface area contributed by atoms with E-state index in [1.807, 2.05) is 55.5 Å². The molecule has 3 N–H and O–H groups in total. The minimum atomic E-state index is -0.426. The molecule has 1 saturated heterocycles. The van der Waals surface area contributed by atoms with Gasteiger partial charge in [0.2, 0.25) is 11.8 Å². The maximum Gasteiger partial charge on any atom is 0.243 e. The highest BCUT2D eigenvalue weighted by Gasteiger charge is 2.35. The van der Waals surface area contributed by atoms with Crippen molar-refractivity contribution in [3.8, 4) is 0 Å². The maximum absolute atomic E-state index is 12.5. The zero-order valence-electron chi connectivity index (χ0n) is 16.9. The standard InChI is InChI=1S/C22H26N4O2S/c1-14(2)16-6-8-18(9-7-16)23-22(29)25-24-21(28)17-12-20(27)26(13-17)19-10-4-15(3)5-11-19/h4-11,14,17H,12-13H2,1-3H3,(H,24,28)(H2,23,25,29)/t17-/m1/s1. The number of amides is 2. The lowest BCUT2D eigenvalue weighted by Crippen LogP contribution is -2.46. The van der Waals surface area contributed by atoms with Crippen molar-refractivity contribution >= 4 is 40.5 Å². The van der Waals surface area contributed by atoms with Crippen LogP contribution in [0.5, 0.6) is 0 Å². The molecule has 0 aromatic heterocycles. The van der Waals surface area contributed by atoms with Crippen LogP contribution in [0, 0.1) is 12.8 Å². The SMILES string of the molecule is Cc1ccc(N2C[C@H](C(=O)NNC(=S)Nc3ccc(C(C)C)cc3)CC2=O)cc1. The van der Waals surface area contributed by atoms with Crippen LogP contribution in [-0.4, -0.2) is 23.5 Å². The van der Waals surface area contributed by atoms with E-state index in [0.717, 1.165) is 16.9 Å². The number of hydrogen-bond acceptors (Lipinski definition) is 3. The molecule has 1 fully saturated rings. The second-order valence-electron chi connectivity index (χ2n) is 7.59. The van der Waals surface area contributed by atoms with E-state index in [1.165, 1.54) is 5.56 Å². The van der Waals surface area contributed by atoms with Gasteiger partial charge in [-0.15, -0.1) is 0 Å². The number of carbonyl (C=O) groups is 2. The number of nitrogens with one attached hydrogen (secondary N) is 3. The molecule has 0 bridgehead atoms. The van der Waals surface area contributed by atoms with E-state index in [-0.39, 0.29) is 23.3 Å². The predicted octanol–water partition coefficient (Wildman–Crippen LogP) is 3.49. The third-order valence-electron chi connectivity index (χ3n) is 4.98. The molecule has 1 aliphatic heterocycles. The largest absolute Gasteiger partial charge is 0.331 e. The molecule has 0 saturated carbocycles. The molecule has 29 heavy (non-hydrogen) atoms. The van der Waals surface area contributed by atoms with Crippen molar-refractivity contribution in [1.82, 2.24) is 10.9 Å². The Morgan fingerprint density at radius 1 is 1.07 bits per heavy atom. The van der Waals surface area contributed by atoms with Gasteiger partial charge in [-0.3, -0.25) is 20.4 Å². The second kappa shape index (κ2) is 9.05. The van der Waals surface area contributed by atoms with Crippen molar-refractivity contribution in [3.05, 3.63) is 59.7 Å². The summed E-state index contributed by atoms with van der Waals surface area (Å²) < 4.78 is 0. The molecule has 1 aliphatic rings. The van der Waals surface area contributed by atoms with Crippen LogP contribution in [0.2, 0.25) is 0 Å². The van der Waals surface area contributed by atoms with Crippen LogP contribution in [0.25, 0.3) is 0 Å². The number of hydrazine groups is 1. The molecule has 2 amide bonds. The molecule has 6 nitrogen and oxygen atoms in total. The number of carbonyl (C=O) groups excluding carboxylic acids is 2. The van der Waals surface area contributed by atoms with E-state index >= 15 is 0 Å². The smallest absolute Gasteiger partial charge is 0.243 e. The molecule has 3 rings (SSSR count). The molecule has 2 aromatic carbocycles. The summed E-state index contributed by atoms with van der Waals surface area (Å²) in [4.78, 5) is 26.4. The van der Waals surface area contributed by atoms with Gasteiger partial charge in [-0.25, -0.2) is 0 Å². The Labute approximate surface area is 176 Å². The number of aryl methyl sites for hydroxylation is 1. The molecule has 0 radical (unpaired) electrons. The Bertz CT molecular complexity index is 894. The Hall–Kier alpha value is -2.93. The van der Waals surface area contributed by atoms with Gasteiger partial charge in [-0.05, 0) is 54.9 Å². The van der Waals surface area contributed by atoms with Crippen LogP contribution >= 0.6 is 12.2 Å². The van der Waals surface area contributed by atoms with Crippen LogP contribution in [0.1, 0.15) is 37.3 Å². The van der Waals surface area contributed by atoms with Crippen LogP contribution in [0.15, 0.2) is 48.5 Å². The number of anilines is 2. The van der Waals surface area contributed by atoms with Crippen LogP contribution < -0.4 is 21.1 Å². The topological polar surface area (TPSA) is 73.5 Å². The third kappa shape index (κ3) is 5.32. The first-order chi connectivity index (χ1) is 13.8. The van der Waals surface area contributed by atoms with E-state index < -0.39 is 5.92 Å². The number of rotatable bonds is 4. The van der Waals surface area contributed by atoms with E-state index in [2.05, 4.69) is 30.0 Å². The van der Waals surface area contributed by atoms with Gasteiger partial charge in [0.15, 0.2) is 5.11 Å². The van der Waals surface area contributed by atoms with E-state index in [0.29, 0.717) is 12.5 Å². The molecule has 1 atom stereocenters. The Balaban J connectivity index is 1.49. The summed E-state index contributed by atoms with van der Waals surface area (Å²) in [6.07, 6.45) is 0.179. The second-order valence-corrected chi connectivity index (χ2v) is 7.99. The van der Waals surface area contributed by atoms with Crippen molar-refractivity contribution in [2.75, 3.05) is 16.8 Å². The summed E-state index contributed by atoms with van der Waals surface area (Å²) in [5.41, 5.74) is 9.33. The lowest BCUT2D eigenvalue weighted by atomic mass is 10.0. The summed E-state index contributed by atoms with van der Waals surface area (Å²) in [7, 11) is 0. The Kier molecular flexibility index (Phi) is 6.49. The highest BCUT2D eigenvalue weighted by atomic mass is 32.1. The summed E-state index contributed by atoms with van der Waals surface area (Å²) in [6.45, 7) is 6.62. The maximum atomic E-state index is 12.5. The van der Waals surface area contributed by atoms with Gasteiger partial charge in [0.1, 0.15) is 0 Å². The third-order valence-corrected chi connectivity index (χ3v) is 5.18. The van der Waals surface area contributed by atoms with E-state index in [1.54, 1.807) is 4.90 Å². The Morgan fingerprint density at radius 2 is 1.72 bits per heavy atom. The van der Waals surface area contributed by atoms with Crippen LogP contribution in [0.4, 0.5) is 11.4 Å². The first kappa shape index (κ1) is 20.8. The summed E-state index contributed by atoms with van der Waals surface area (Å²) in [5, 5.41) is 3.32. The lowest BCUT2D eigenvalue weighted by molar-refractivity contribution is -0.126. The van der Waals surface area contributed by atoms with Crippen molar-refractivity contribution in [2.45, 2.75) is 33.1 Å². The number of hydrogen-bond donors (Lipinski definition) is 3.